The van der Waals surface area contributed by atoms with Crippen molar-refractivity contribution in [3.63, 3.8) is 0 Å². The molecule has 0 aliphatic rings. The zero-order chi connectivity index (χ0) is 12.4. The maximum Gasteiger partial charge on any atom is 0.350 e. The Morgan fingerprint density at radius 3 is 3.00 bits per heavy atom. The minimum Gasteiger partial charge on any atom is -0.478 e. The first-order valence-electron chi connectivity index (χ1n) is 4.89. The van der Waals surface area contributed by atoms with E-state index in [0.29, 0.717) is 5.65 Å². The highest BCUT2D eigenvalue weighted by Gasteiger charge is 2.05. The number of carbonyl (C=O) groups is 1. The van der Waals surface area contributed by atoms with E-state index in [1.54, 1.807) is 0 Å². The molecule has 2 aromatic rings. The van der Waals surface area contributed by atoms with Crippen molar-refractivity contribution in [2.45, 2.75) is 13.5 Å². The standard InChI is InChI=1S/C10H10N4O3/c1-7(9(15)16)2-4-14-10(17)13-5-3-11-6-8(13)12-14/h2-3,5-6H,4H2,1H3,(H,15,16). The molecule has 0 saturated heterocycles. The Morgan fingerprint density at radius 2 is 2.35 bits per heavy atom. The summed E-state index contributed by atoms with van der Waals surface area (Å²) in [4.78, 5) is 26.2. The Kier molecular flexibility index (Phi) is 2.73. The second kappa shape index (κ2) is 4.20. The molecule has 2 heterocycles. The quantitative estimate of drug-likeness (QED) is 0.750. The molecule has 2 aromatic heterocycles. The van der Waals surface area contributed by atoms with Gasteiger partial charge in [-0.25, -0.2) is 18.7 Å². The van der Waals surface area contributed by atoms with Crippen LogP contribution >= 0.6 is 0 Å². The monoisotopic (exact) mass is 234 g/mol. The van der Waals surface area contributed by atoms with Gasteiger partial charge in [0.15, 0.2) is 5.65 Å². The molecule has 88 valence electrons. The fourth-order valence-electron chi connectivity index (χ4n) is 1.31. The molecule has 0 saturated carbocycles. The summed E-state index contributed by atoms with van der Waals surface area (Å²) >= 11 is 0. The van der Waals surface area contributed by atoms with E-state index in [1.807, 2.05) is 0 Å². The molecule has 2 rings (SSSR count). The first kappa shape index (κ1) is 11.1. The van der Waals surface area contributed by atoms with E-state index in [2.05, 4.69) is 10.1 Å². The van der Waals surface area contributed by atoms with Crippen LogP contribution in [-0.4, -0.2) is 30.2 Å². The topological polar surface area (TPSA) is 89.5 Å². The molecule has 0 fully saturated rings. The van der Waals surface area contributed by atoms with Gasteiger partial charge in [0.2, 0.25) is 0 Å². The van der Waals surface area contributed by atoms with Gasteiger partial charge < -0.3 is 5.11 Å². The van der Waals surface area contributed by atoms with Gasteiger partial charge in [0, 0.05) is 18.0 Å². The Bertz CT molecular complexity index is 653. The highest BCUT2D eigenvalue weighted by Crippen LogP contribution is 1.95. The number of hydrogen-bond acceptors (Lipinski definition) is 4. The van der Waals surface area contributed by atoms with Crippen molar-refractivity contribution in [1.82, 2.24) is 19.2 Å². The maximum absolute atomic E-state index is 11.8. The van der Waals surface area contributed by atoms with E-state index in [1.165, 1.54) is 40.7 Å². The third-order valence-corrected chi connectivity index (χ3v) is 2.30. The maximum atomic E-state index is 11.8. The molecular formula is C10H10N4O3. The normalized spacial score (nSPS) is 11.9. The Morgan fingerprint density at radius 1 is 1.59 bits per heavy atom. The Labute approximate surface area is 95.6 Å². The minimum absolute atomic E-state index is 0.124. The number of fused-ring (bicyclic) bond motifs is 1. The van der Waals surface area contributed by atoms with Crippen LogP contribution in [0.5, 0.6) is 0 Å². The molecule has 0 unspecified atom stereocenters. The fraction of sp³-hybridized carbons (Fsp3) is 0.200. The zero-order valence-corrected chi connectivity index (χ0v) is 9.07. The van der Waals surface area contributed by atoms with E-state index in [0.717, 1.165) is 0 Å². The lowest BCUT2D eigenvalue weighted by atomic mass is 10.3. The van der Waals surface area contributed by atoms with Crippen LogP contribution in [0.15, 0.2) is 35.0 Å². The molecule has 0 spiro atoms. The van der Waals surface area contributed by atoms with Crippen LogP contribution in [0.4, 0.5) is 0 Å². The van der Waals surface area contributed by atoms with Gasteiger partial charge >= 0.3 is 11.7 Å². The van der Waals surface area contributed by atoms with Crippen LogP contribution in [0.25, 0.3) is 5.65 Å². The van der Waals surface area contributed by atoms with Gasteiger partial charge in [-0.3, -0.25) is 4.98 Å². The number of allylic oxidation sites excluding steroid dienone is 1. The molecule has 0 atom stereocenters. The highest BCUT2D eigenvalue weighted by molar-refractivity contribution is 5.85. The average Bonchev–Trinajstić information content (AvgIpc) is 2.64. The van der Waals surface area contributed by atoms with Crippen molar-refractivity contribution >= 4 is 11.6 Å². The largest absolute Gasteiger partial charge is 0.478 e. The molecule has 0 radical (unpaired) electrons. The number of carboxylic acid groups (broad SMARTS) is 1. The first-order chi connectivity index (χ1) is 8.09. The van der Waals surface area contributed by atoms with Gasteiger partial charge in [0.25, 0.3) is 0 Å². The Hall–Kier alpha value is -2.44. The van der Waals surface area contributed by atoms with Crippen molar-refractivity contribution in [3.05, 3.63) is 40.7 Å². The molecule has 0 aliphatic heterocycles. The molecule has 0 aliphatic carbocycles. The summed E-state index contributed by atoms with van der Waals surface area (Å²) in [7, 11) is 0. The van der Waals surface area contributed by atoms with Crippen LogP contribution in [0.3, 0.4) is 0 Å². The lowest BCUT2D eigenvalue weighted by Gasteiger charge is -1.94. The van der Waals surface area contributed by atoms with Crippen molar-refractivity contribution in [2.75, 3.05) is 0 Å². The summed E-state index contributed by atoms with van der Waals surface area (Å²) in [6, 6.07) is 0. The molecule has 7 nitrogen and oxygen atoms in total. The number of hydrogen-bond donors (Lipinski definition) is 1. The Balaban J connectivity index is 2.38. The van der Waals surface area contributed by atoms with Crippen LogP contribution in [0.2, 0.25) is 0 Å². The van der Waals surface area contributed by atoms with Gasteiger partial charge in [-0.05, 0) is 6.92 Å². The van der Waals surface area contributed by atoms with Crippen LogP contribution in [0, 0.1) is 0 Å². The molecule has 0 aromatic carbocycles. The highest BCUT2D eigenvalue weighted by atomic mass is 16.4. The van der Waals surface area contributed by atoms with Gasteiger partial charge in [-0.15, -0.1) is 5.10 Å². The van der Waals surface area contributed by atoms with E-state index >= 15 is 0 Å². The number of rotatable bonds is 3. The van der Waals surface area contributed by atoms with Crippen LogP contribution < -0.4 is 5.69 Å². The van der Waals surface area contributed by atoms with E-state index in [9.17, 15) is 9.59 Å². The van der Waals surface area contributed by atoms with Crippen molar-refractivity contribution in [1.29, 1.82) is 0 Å². The second-order valence-corrected chi connectivity index (χ2v) is 3.46. The molecule has 17 heavy (non-hydrogen) atoms. The van der Waals surface area contributed by atoms with Crippen LogP contribution in [0.1, 0.15) is 6.92 Å². The van der Waals surface area contributed by atoms with Gasteiger partial charge in [-0.2, -0.15) is 0 Å². The van der Waals surface area contributed by atoms with E-state index in [-0.39, 0.29) is 17.8 Å². The summed E-state index contributed by atoms with van der Waals surface area (Å²) in [6.07, 6.45) is 5.89. The average molecular weight is 234 g/mol. The second-order valence-electron chi connectivity index (χ2n) is 3.46. The molecular weight excluding hydrogens is 224 g/mol. The SMILES string of the molecule is CC(=CCn1nc2cnccn2c1=O)C(=O)O. The third-order valence-electron chi connectivity index (χ3n) is 2.30. The molecule has 7 heteroatoms. The van der Waals surface area contributed by atoms with Gasteiger partial charge in [-0.1, -0.05) is 6.08 Å². The van der Waals surface area contributed by atoms with Crippen molar-refractivity contribution < 1.29 is 9.90 Å². The summed E-state index contributed by atoms with van der Waals surface area (Å²) in [6.45, 7) is 1.59. The first-order valence-corrected chi connectivity index (χ1v) is 4.89. The molecule has 1 N–H and O–H groups in total. The predicted molar refractivity (Wildman–Crippen MR) is 58.6 cm³/mol. The number of carboxylic acids is 1. The molecule has 0 amide bonds. The third kappa shape index (κ3) is 2.07. The van der Waals surface area contributed by atoms with E-state index in [4.69, 9.17) is 5.11 Å². The predicted octanol–water partition coefficient (Wildman–Crippen LogP) is -0.0781. The van der Waals surface area contributed by atoms with Crippen molar-refractivity contribution in [3.8, 4) is 0 Å². The fourth-order valence-corrected chi connectivity index (χ4v) is 1.31. The smallest absolute Gasteiger partial charge is 0.350 e. The summed E-state index contributed by atoms with van der Waals surface area (Å²) in [5, 5.41) is 12.7. The summed E-state index contributed by atoms with van der Waals surface area (Å²) in [5.41, 5.74) is 0.280. The van der Waals surface area contributed by atoms with E-state index < -0.39 is 5.97 Å². The van der Waals surface area contributed by atoms with Gasteiger partial charge in [0.1, 0.15) is 0 Å². The number of nitrogens with zero attached hydrogens (tertiary/aromatic N) is 4. The lowest BCUT2D eigenvalue weighted by molar-refractivity contribution is -0.132. The molecule has 0 bridgehead atoms. The zero-order valence-electron chi connectivity index (χ0n) is 9.07. The van der Waals surface area contributed by atoms with Crippen LogP contribution in [-0.2, 0) is 11.3 Å². The summed E-state index contributed by atoms with van der Waals surface area (Å²) < 4.78 is 2.53. The minimum atomic E-state index is -1.01. The number of aromatic nitrogens is 4. The lowest BCUT2D eigenvalue weighted by Crippen LogP contribution is -2.20. The van der Waals surface area contributed by atoms with Crippen molar-refractivity contribution in [2.24, 2.45) is 0 Å². The number of aliphatic carboxylic acids is 1. The van der Waals surface area contributed by atoms with Gasteiger partial charge in [0.05, 0.1) is 12.7 Å². The summed E-state index contributed by atoms with van der Waals surface area (Å²) in [5.74, 6) is -1.01.